The van der Waals surface area contributed by atoms with E-state index in [1.54, 1.807) is 0 Å². The fourth-order valence-electron chi connectivity index (χ4n) is 3.13. The zero-order chi connectivity index (χ0) is 16.4. The van der Waals surface area contributed by atoms with Crippen LogP contribution in [0, 0.1) is 5.92 Å². The van der Waals surface area contributed by atoms with Crippen molar-refractivity contribution in [2.24, 2.45) is 5.92 Å². The largest absolute Gasteiger partial charge is 0.485 e. The number of rotatable bonds is 3. The van der Waals surface area contributed by atoms with Crippen molar-refractivity contribution >= 4 is 11.9 Å². The van der Waals surface area contributed by atoms with E-state index < -0.39 is 6.10 Å². The summed E-state index contributed by atoms with van der Waals surface area (Å²) in [6, 6.07) is 7.53. The second-order valence-corrected chi connectivity index (χ2v) is 6.13. The molecule has 2 heterocycles. The minimum atomic E-state index is -0.479. The molecule has 1 aliphatic heterocycles. The Morgan fingerprint density at radius 3 is 2.71 bits per heavy atom. The first-order chi connectivity index (χ1) is 11.8. The molecule has 1 aromatic carbocycles. The smallest absolute Gasteiger partial charge is 0.322 e. The predicted molar refractivity (Wildman–Crippen MR) is 84.8 cm³/mol. The van der Waals surface area contributed by atoms with Gasteiger partial charge >= 0.3 is 6.01 Å². The molecule has 4 rings (SSSR count). The number of para-hydroxylation sites is 2. The van der Waals surface area contributed by atoms with Gasteiger partial charge in [0, 0.05) is 5.92 Å². The molecule has 1 unspecified atom stereocenters. The number of carbonyl (C=O) groups is 1. The Hall–Kier alpha value is -2.57. The van der Waals surface area contributed by atoms with Crippen molar-refractivity contribution < 1.29 is 18.7 Å². The molecule has 0 saturated heterocycles. The molecule has 1 atom stereocenters. The van der Waals surface area contributed by atoms with E-state index in [-0.39, 0.29) is 24.4 Å². The summed E-state index contributed by atoms with van der Waals surface area (Å²) in [5, 5.41) is 10.6. The number of anilines is 1. The van der Waals surface area contributed by atoms with Gasteiger partial charge in [0.15, 0.2) is 11.5 Å². The average molecular weight is 329 g/mol. The van der Waals surface area contributed by atoms with Crippen LogP contribution in [-0.2, 0) is 4.79 Å². The molecule has 1 fully saturated rings. The molecule has 1 aliphatic carbocycles. The number of hydrogen-bond donors (Lipinski definition) is 1. The van der Waals surface area contributed by atoms with Gasteiger partial charge in [-0.1, -0.05) is 36.5 Å². The topological polar surface area (TPSA) is 86.5 Å². The summed E-state index contributed by atoms with van der Waals surface area (Å²) in [7, 11) is 0. The molecule has 0 radical (unpaired) electrons. The van der Waals surface area contributed by atoms with E-state index in [0.29, 0.717) is 17.4 Å². The van der Waals surface area contributed by atoms with Crippen LogP contribution in [0.5, 0.6) is 11.5 Å². The van der Waals surface area contributed by atoms with Crippen LogP contribution in [0.2, 0.25) is 0 Å². The van der Waals surface area contributed by atoms with Crippen molar-refractivity contribution in [3.8, 4) is 11.5 Å². The highest BCUT2D eigenvalue weighted by molar-refractivity contribution is 5.90. The van der Waals surface area contributed by atoms with E-state index >= 15 is 0 Å². The van der Waals surface area contributed by atoms with Crippen LogP contribution < -0.4 is 14.8 Å². The van der Waals surface area contributed by atoms with Crippen molar-refractivity contribution in [3.05, 3.63) is 30.2 Å². The van der Waals surface area contributed by atoms with E-state index in [0.717, 1.165) is 25.7 Å². The van der Waals surface area contributed by atoms with Gasteiger partial charge in [0.25, 0.3) is 5.89 Å². The third-order valence-corrected chi connectivity index (χ3v) is 4.43. The molecule has 1 saturated carbocycles. The number of benzene rings is 1. The summed E-state index contributed by atoms with van der Waals surface area (Å²) in [6.45, 7) is 0.287. The van der Waals surface area contributed by atoms with Crippen molar-refractivity contribution in [2.45, 2.75) is 38.2 Å². The van der Waals surface area contributed by atoms with Crippen molar-refractivity contribution in [2.75, 3.05) is 11.9 Å². The number of fused-ring (bicyclic) bond motifs is 1. The summed E-state index contributed by atoms with van der Waals surface area (Å²) in [5.41, 5.74) is 0. The summed E-state index contributed by atoms with van der Waals surface area (Å²) in [6.07, 6.45) is 4.76. The SMILES string of the molecule is O=C(Nc1nnc(C2COc3ccccc3O2)o1)C1CCCCC1. The van der Waals surface area contributed by atoms with Gasteiger partial charge in [-0.05, 0) is 25.0 Å². The van der Waals surface area contributed by atoms with Crippen molar-refractivity contribution in [1.29, 1.82) is 0 Å². The molecule has 126 valence electrons. The number of nitrogens with one attached hydrogen (secondary N) is 1. The molecule has 1 amide bonds. The molecular formula is C17H19N3O4. The molecule has 24 heavy (non-hydrogen) atoms. The fourth-order valence-corrected chi connectivity index (χ4v) is 3.13. The molecule has 0 bridgehead atoms. The van der Waals surface area contributed by atoms with E-state index in [1.165, 1.54) is 6.42 Å². The van der Waals surface area contributed by atoms with Crippen LogP contribution in [0.15, 0.2) is 28.7 Å². The van der Waals surface area contributed by atoms with Gasteiger partial charge in [-0.25, -0.2) is 0 Å². The van der Waals surface area contributed by atoms with Gasteiger partial charge in [-0.2, -0.15) is 0 Å². The second kappa shape index (κ2) is 6.51. The van der Waals surface area contributed by atoms with Crippen LogP contribution in [-0.4, -0.2) is 22.7 Å². The molecule has 1 N–H and O–H groups in total. The Balaban J connectivity index is 1.41. The lowest BCUT2D eigenvalue weighted by Crippen LogP contribution is -2.24. The van der Waals surface area contributed by atoms with Crippen LogP contribution in [0.4, 0.5) is 6.01 Å². The Kier molecular flexibility index (Phi) is 4.06. The van der Waals surface area contributed by atoms with E-state index in [2.05, 4.69) is 15.5 Å². The standard InChI is InChI=1S/C17H19N3O4/c21-15(11-6-2-1-3-7-11)18-17-20-19-16(24-17)14-10-22-12-8-4-5-9-13(12)23-14/h4-5,8-9,11,14H,1-3,6-7,10H2,(H,18,20,21). The second-order valence-electron chi connectivity index (χ2n) is 6.13. The Morgan fingerprint density at radius 1 is 1.08 bits per heavy atom. The number of carbonyl (C=O) groups excluding carboxylic acids is 1. The first-order valence-electron chi connectivity index (χ1n) is 8.32. The lowest BCUT2D eigenvalue weighted by molar-refractivity contribution is -0.120. The third-order valence-electron chi connectivity index (χ3n) is 4.43. The average Bonchev–Trinajstić information content (AvgIpc) is 3.10. The van der Waals surface area contributed by atoms with E-state index in [4.69, 9.17) is 13.9 Å². The Labute approximate surface area is 139 Å². The fraction of sp³-hybridized carbons (Fsp3) is 0.471. The minimum absolute atomic E-state index is 0.0373. The minimum Gasteiger partial charge on any atom is -0.485 e. The number of ether oxygens (including phenoxy) is 2. The first kappa shape index (κ1) is 15.0. The quantitative estimate of drug-likeness (QED) is 0.931. The Morgan fingerprint density at radius 2 is 1.88 bits per heavy atom. The lowest BCUT2D eigenvalue weighted by Gasteiger charge is -2.23. The van der Waals surface area contributed by atoms with Gasteiger partial charge in [0.1, 0.15) is 6.61 Å². The molecule has 0 spiro atoms. The molecular weight excluding hydrogens is 310 g/mol. The molecule has 1 aromatic heterocycles. The highest BCUT2D eigenvalue weighted by atomic mass is 16.6. The lowest BCUT2D eigenvalue weighted by atomic mass is 9.89. The highest BCUT2D eigenvalue weighted by Gasteiger charge is 2.28. The monoisotopic (exact) mass is 329 g/mol. The maximum absolute atomic E-state index is 12.2. The van der Waals surface area contributed by atoms with E-state index in [1.807, 2.05) is 24.3 Å². The van der Waals surface area contributed by atoms with Crippen LogP contribution >= 0.6 is 0 Å². The first-order valence-corrected chi connectivity index (χ1v) is 8.32. The number of amides is 1. The summed E-state index contributed by atoms with van der Waals surface area (Å²) >= 11 is 0. The summed E-state index contributed by atoms with van der Waals surface area (Å²) < 4.78 is 17.0. The number of nitrogens with zero attached hydrogens (tertiary/aromatic N) is 2. The molecule has 2 aliphatic rings. The van der Waals surface area contributed by atoms with Gasteiger partial charge in [-0.3, -0.25) is 10.1 Å². The molecule has 2 aromatic rings. The zero-order valence-electron chi connectivity index (χ0n) is 13.2. The summed E-state index contributed by atoms with van der Waals surface area (Å²) in [5.74, 6) is 1.62. The molecule has 7 heteroatoms. The van der Waals surface area contributed by atoms with Crippen LogP contribution in [0.1, 0.15) is 44.1 Å². The number of aromatic nitrogens is 2. The van der Waals surface area contributed by atoms with Crippen LogP contribution in [0.3, 0.4) is 0 Å². The van der Waals surface area contributed by atoms with Crippen LogP contribution in [0.25, 0.3) is 0 Å². The van der Waals surface area contributed by atoms with Crippen molar-refractivity contribution in [3.63, 3.8) is 0 Å². The third kappa shape index (κ3) is 3.06. The van der Waals surface area contributed by atoms with Crippen molar-refractivity contribution in [1.82, 2.24) is 10.2 Å². The van der Waals surface area contributed by atoms with Gasteiger partial charge < -0.3 is 13.9 Å². The highest BCUT2D eigenvalue weighted by Crippen LogP contribution is 2.35. The predicted octanol–water partition coefficient (Wildman–Crippen LogP) is 3.10. The van der Waals surface area contributed by atoms with Gasteiger partial charge in [0.2, 0.25) is 12.0 Å². The zero-order valence-corrected chi connectivity index (χ0v) is 13.2. The number of hydrogen-bond acceptors (Lipinski definition) is 6. The van der Waals surface area contributed by atoms with E-state index in [9.17, 15) is 4.79 Å². The Bertz CT molecular complexity index is 724. The molecule has 7 nitrogen and oxygen atoms in total. The summed E-state index contributed by atoms with van der Waals surface area (Å²) in [4.78, 5) is 12.2. The van der Waals surface area contributed by atoms with Gasteiger partial charge in [-0.15, -0.1) is 5.10 Å². The van der Waals surface area contributed by atoms with Gasteiger partial charge in [0.05, 0.1) is 0 Å². The maximum atomic E-state index is 12.2. The normalized spacial score (nSPS) is 20.6. The maximum Gasteiger partial charge on any atom is 0.322 e.